The van der Waals surface area contributed by atoms with E-state index in [2.05, 4.69) is 4.98 Å². The average Bonchev–Trinajstić information content (AvgIpc) is 2.12. The summed E-state index contributed by atoms with van der Waals surface area (Å²) in [5.74, 6) is -0.519. The van der Waals surface area contributed by atoms with E-state index in [0.717, 1.165) is 0 Å². The molecule has 0 saturated heterocycles. The summed E-state index contributed by atoms with van der Waals surface area (Å²) in [6.45, 7) is 1.76. The number of rotatable bonds is 0. The second-order valence-corrected chi connectivity index (χ2v) is 3.82. The molecule has 72 valence electrons. The van der Waals surface area contributed by atoms with E-state index in [1.165, 1.54) is 6.07 Å². The third-order valence-corrected chi connectivity index (χ3v) is 2.55. The summed E-state index contributed by atoms with van der Waals surface area (Å²) >= 11 is 11.6. The lowest BCUT2D eigenvalue weighted by atomic mass is 10.2. The Kier molecular flexibility index (Phi) is 2.33. The fourth-order valence-electron chi connectivity index (χ4n) is 1.31. The van der Waals surface area contributed by atoms with E-state index >= 15 is 0 Å². The van der Waals surface area contributed by atoms with Gasteiger partial charge >= 0.3 is 0 Å². The minimum Gasteiger partial charge on any atom is -0.250 e. The van der Waals surface area contributed by atoms with Gasteiger partial charge < -0.3 is 0 Å². The highest BCUT2D eigenvalue weighted by Gasteiger charge is 2.09. The van der Waals surface area contributed by atoms with Gasteiger partial charge in [-0.2, -0.15) is 0 Å². The van der Waals surface area contributed by atoms with Crippen molar-refractivity contribution in [3.63, 3.8) is 0 Å². The molecule has 0 radical (unpaired) electrons. The van der Waals surface area contributed by atoms with Crippen molar-refractivity contribution in [2.24, 2.45) is 0 Å². The first-order valence-electron chi connectivity index (χ1n) is 4.00. The molecule has 0 bridgehead atoms. The molecule has 1 aromatic carbocycles. The number of halogens is 3. The SMILES string of the molecule is Cc1cc(Cl)c2ccc(Cl)c(F)c2n1. The number of aryl methyl sites for hydroxylation is 1. The molecule has 1 heterocycles. The number of hydrogen-bond donors (Lipinski definition) is 0. The maximum Gasteiger partial charge on any atom is 0.168 e. The van der Waals surface area contributed by atoms with E-state index in [1.54, 1.807) is 19.1 Å². The molecule has 0 aliphatic rings. The topological polar surface area (TPSA) is 12.9 Å². The van der Waals surface area contributed by atoms with Gasteiger partial charge in [-0.25, -0.2) is 9.37 Å². The molecule has 0 spiro atoms. The van der Waals surface area contributed by atoms with Gasteiger partial charge in [0.2, 0.25) is 0 Å². The second-order valence-electron chi connectivity index (χ2n) is 3.00. The van der Waals surface area contributed by atoms with Gasteiger partial charge in [-0.15, -0.1) is 0 Å². The zero-order valence-electron chi connectivity index (χ0n) is 7.31. The molecule has 0 aliphatic carbocycles. The smallest absolute Gasteiger partial charge is 0.168 e. The van der Waals surface area contributed by atoms with Crippen LogP contribution in [-0.2, 0) is 0 Å². The van der Waals surface area contributed by atoms with Gasteiger partial charge in [0.15, 0.2) is 5.82 Å². The Bertz CT molecular complexity index is 511. The molecule has 14 heavy (non-hydrogen) atoms. The highest BCUT2D eigenvalue weighted by molar-refractivity contribution is 6.36. The van der Waals surface area contributed by atoms with Crippen molar-refractivity contribution in [2.75, 3.05) is 0 Å². The summed E-state index contributed by atoms with van der Waals surface area (Å²) in [7, 11) is 0. The summed E-state index contributed by atoms with van der Waals surface area (Å²) in [5.41, 5.74) is 0.895. The first-order valence-corrected chi connectivity index (χ1v) is 4.76. The van der Waals surface area contributed by atoms with E-state index in [0.29, 0.717) is 16.1 Å². The van der Waals surface area contributed by atoms with Gasteiger partial charge in [-0.1, -0.05) is 23.2 Å². The summed E-state index contributed by atoms with van der Waals surface area (Å²) in [4.78, 5) is 4.05. The first kappa shape index (κ1) is 9.69. The fourth-order valence-corrected chi connectivity index (χ4v) is 1.77. The lowest BCUT2D eigenvalue weighted by molar-refractivity contribution is 0.637. The van der Waals surface area contributed by atoms with Crippen LogP contribution < -0.4 is 0 Å². The number of benzene rings is 1. The van der Waals surface area contributed by atoms with Crippen LogP contribution in [0.4, 0.5) is 4.39 Å². The maximum absolute atomic E-state index is 13.5. The largest absolute Gasteiger partial charge is 0.250 e. The third kappa shape index (κ3) is 1.45. The summed E-state index contributed by atoms with van der Waals surface area (Å²) in [6.07, 6.45) is 0. The Morgan fingerprint density at radius 2 is 1.93 bits per heavy atom. The molecule has 1 nitrogen and oxygen atoms in total. The predicted octanol–water partition coefficient (Wildman–Crippen LogP) is 3.99. The summed E-state index contributed by atoms with van der Waals surface area (Å²) < 4.78 is 13.5. The number of fused-ring (bicyclic) bond motifs is 1. The number of pyridine rings is 1. The number of nitrogens with zero attached hydrogens (tertiary/aromatic N) is 1. The van der Waals surface area contributed by atoms with Crippen LogP contribution in [0.25, 0.3) is 10.9 Å². The lowest BCUT2D eigenvalue weighted by Crippen LogP contribution is -1.89. The fraction of sp³-hybridized carbons (Fsp3) is 0.100. The van der Waals surface area contributed by atoms with Crippen LogP contribution in [0.5, 0.6) is 0 Å². The maximum atomic E-state index is 13.5. The standard InChI is InChI=1S/C10H6Cl2FN/c1-5-4-8(12)6-2-3-7(11)9(13)10(6)14-5/h2-4H,1H3. The quantitative estimate of drug-likeness (QED) is 0.666. The highest BCUT2D eigenvalue weighted by atomic mass is 35.5. The van der Waals surface area contributed by atoms with Crippen molar-refractivity contribution in [1.29, 1.82) is 0 Å². The molecule has 1 aromatic heterocycles. The van der Waals surface area contributed by atoms with E-state index in [-0.39, 0.29) is 10.5 Å². The molecule has 2 aromatic rings. The van der Waals surface area contributed by atoms with E-state index in [9.17, 15) is 4.39 Å². The minimum atomic E-state index is -0.519. The van der Waals surface area contributed by atoms with Crippen molar-refractivity contribution < 1.29 is 4.39 Å². The van der Waals surface area contributed by atoms with Gasteiger partial charge in [-0.05, 0) is 25.1 Å². The molecular weight excluding hydrogens is 224 g/mol. The molecular formula is C10H6Cl2FN. The van der Waals surface area contributed by atoms with Crippen molar-refractivity contribution in [3.8, 4) is 0 Å². The minimum absolute atomic E-state index is 0.0617. The molecule has 0 saturated carbocycles. The lowest BCUT2D eigenvalue weighted by Gasteiger charge is -2.03. The summed E-state index contributed by atoms with van der Waals surface area (Å²) in [6, 6.07) is 4.83. The second kappa shape index (κ2) is 3.37. The Morgan fingerprint density at radius 1 is 1.21 bits per heavy atom. The summed E-state index contributed by atoms with van der Waals surface area (Å²) in [5, 5.41) is 1.13. The van der Waals surface area contributed by atoms with Gasteiger partial charge in [-0.3, -0.25) is 0 Å². The monoisotopic (exact) mass is 229 g/mol. The van der Waals surface area contributed by atoms with Gasteiger partial charge in [0, 0.05) is 11.1 Å². The molecule has 0 N–H and O–H groups in total. The van der Waals surface area contributed by atoms with Crippen molar-refractivity contribution in [2.45, 2.75) is 6.92 Å². The Balaban J connectivity index is 2.95. The molecule has 0 amide bonds. The number of hydrogen-bond acceptors (Lipinski definition) is 1. The van der Waals surface area contributed by atoms with E-state index in [1.807, 2.05) is 0 Å². The van der Waals surface area contributed by atoms with Crippen LogP contribution in [-0.4, -0.2) is 4.98 Å². The third-order valence-electron chi connectivity index (χ3n) is 1.95. The average molecular weight is 230 g/mol. The molecule has 0 unspecified atom stereocenters. The first-order chi connectivity index (χ1) is 6.59. The molecule has 0 fully saturated rings. The van der Waals surface area contributed by atoms with Crippen LogP contribution in [0.2, 0.25) is 10.0 Å². The molecule has 0 atom stereocenters. The molecule has 4 heteroatoms. The van der Waals surface area contributed by atoms with Crippen LogP contribution in [0.1, 0.15) is 5.69 Å². The Hall–Kier alpha value is -0.860. The normalized spacial score (nSPS) is 10.9. The molecule has 2 rings (SSSR count). The van der Waals surface area contributed by atoms with Crippen LogP contribution in [0.3, 0.4) is 0 Å². The molecule has 0 aliphatic heterocycles. The highest BCUT2D eigenvalue weighted by Crippen LogP contribution is 2.28. The van der Waals surface area contributed by atoms with Crippen LogP contribution in [0, 0.1) is 12.7 Å². The van der Waals surface area contributed by atoms with Crippen LogP contribution in [0.15, 0.2) is 18.2 Å². The number of aromatic nitrogens is 1. The van der Waals surface area contributed by atoms with Crippen molar-refractivity contribution in [3.05, 3.63) is 39.8 Å². The van der Waals surface area contributed by atoms with Crippen molar-refractivity contribution >= 4 is 34.1 Å². The van der Waals surface area contributed by atoms with E-state index < -0.39 is 5.82 Å². The zero-order valence-corrected chi connectivity index (χ0v) is 8.83. The van der Waals surface area contributed by atoms with Gasteiger partial charge in [0.1, 0.15) is 5.52 Å². The van der Waals surface area contributed by atoms with Crippen LogP contribution >= 0.6 is 23.2 Å². The van der Waals surface area contributed by atoms with Gasteiger partial charge in [0.25, 0.3) is 0 Å². The Labute approximate surface area is 90.5 Å². The van der Waals surface area contributed by atoms with Crippen molar-refractivity contribution in [1.82, 2.24) is 4.98 Å². The Morgan fingerprint density at radius 3 is 2.64 bits per heavy atom. The predicted molar refractivity (Wildman–Crippen MR) is 56.5 cm³/mol. The zero-order chi connectivity index (χ0) is 10.3. The van der Waals surface area contributed by atoms with E-state index in [4.69, 9.17) is 23.2 Å². The van der Waals surface area contributed by atoms with Gasteiger partial charge in [0.05, 0.1) is 10.0 Å².